The van der Waals surface area contributed by atoms with E-state index in [1.54, 1.807) is 6.92 Å². The fourth-order valence-corrected chi connectivity index (χ4v) is 5.13. The molecular weight excluding hydrogens is 364 g/mol. The Labute approximate surface area is 170 Å². The van der Waals surface area contributed by atoms with Crippen molar-refractivity contribution in [3.05, 3.63) is 65.0 Å². The number of carbonyl (C=O) groups is 1. The lowest BCUT2D eigenvalue weighted by molar-refractivity contribution is -0.145. The molecule has 5 nitrogen and oxygen atoms in total. The first-order valence-corrected chi connectivity index (χ1v) is 10.2. The van der Waals surface area contributed by atoms with E-state index in [4.69, 9.17) is 9.72 Å². The van der Waals surface area contributed by atoms with Crippen molar-refractivity contribution in [3.63, 3.8) is 0 Å². The van der Waals surface area contributed by atoms with E-state index >= 15 is 0 Å². The first-order chi connectivity index (χ1) is 13.9. The predicted octanol–water partition coefficient (Wildman–Crippen LogP) is 4.21. The molecule has 29 heavy (non-hydrogen) atoms. The number of nitrogens with zero attached hydrogens (tertiary/aromatic N) is 1. The molecule has 1 saturated carbocycles. The van der Waals surface area contributed by atoms with Crippen LogP contribution in [0.2, 0.25) is 0 Å². The van der Waals surface area contributed by atoms with Gasteiger partial charge in [0.15, 0.2) is 0 Å². The second-order valence-electron chi connectivity index (χ2n) is 8.98. The number of carboxylic acids is 1. The van der Waals surface area contributed by atoms with Crippen LogP contribution in [0.25, 0.3) is 11.0 Å². The lowest BCUT2D eigenvalue weighted by atomic mass is 9.83. The van der Waals surface area contributed by atoms with E-state index < -0.39 is 11.4 Å². The Balaban J connectivity index is 1.48. The van der Waals surface area contributed by atoms with Crippen molar-refractivity contribution in [1.29, 1.82) is 0 Å². The third kappa shape index (κ3) is 2.87. The largest absolute Gasteiger partial charge is 0.481 e. The standard InChI is InChI=1S/C24H26N2O3/c1-23(14-29-2,22(27)28)16-7-8-19-20(11-16)26-21(25-19)12-18-17-6-4-3-5-15(17)13-24(18)9-10-24/h3-8,11,18H,9-10,12-14H2,1-2H3,(H,25,26)(H,27,28)/t18-,23?/m1/s1. The van der Waals surface area contributed by atoms with E-state index in [1.165, 1.54) is 37.5 Å². The van der Waals surface area contributed by atoms with Gasteiger partial charge in [-0.05, 0) is 66.3 Å². The molecule has 150 valence electrons. The second kappa shape index (κ2) is 6.42. The van der Waals surface area contributed by atoms with Gasteiger partial charge in [0.05, 0.1) is 17.6 Å². The number of aromatic amines is 1. The number of aliphatic carboxylic acids is 1. The number of H-pyrrole nitrogens is 1. The molecule has 2 aliphatic rings. The summed E-state index contributed by atoms with van der Waals surface area (Å²) in [7, 11) is 1.53. The third-order valence-electron chi connectivity index (χ3n) is 7.08. The minimum Gasteiger partial charge on any atom is -0.481 e. The number of carboxylic acid groups (broad SMARTS) is 1. The van der Waals surface area contributed by atoms with Gasteiger partial charge in [0.2, 0.25) is 0 Å². The van der Waals surface area contributed by atoms with Crippen LogP contribution in [-0.2, 0) is 27.8 Å². The lowest BCUT2D eigenvalue weighted by Crippen LogP contribution is -2.37. The number of rotatable bonds is 6. The maximum atomic E-state index is 11.9. The van der Waals surface area contributed by atoms with Crippen LogP contribution in [0.4, 0.5) is 0 Å². The number of nitrogens with one attached hydrogen (secondary N) is 1. The average molecular weight is 390 g/mol. The molecule has 1 unspecified atom stereocenters. The van der Waals surface area contributed by atoms with Gasteiger partial charge < -0.3 is 14.8 Å². The smallest absolute Gasteiger partial charge is 0.316 e. The number of ether oxygens (including phenoxy) is 1. The molecule has 1 heterocycles. The Morgan fingerprint density at radius 2 is 2.10 bits per heavy atom. The van der Waals surface area contributed by atoms with Gasteiger partial charge in [-0.1, -0.05) is 30.3 Å². The zero-order chi connectivity index (χ0) is 20.2. The fraction of sp³-hybridized carbons (Fsp3) is 0.417. The Bertz CT molecular complexity index is 1100. The summed E-state index contributed by atoms with van der Waals surface area (Å²) in [5.74, 6) is 0.599. The summed E-state index contributed by atoms with van der Waals surface area (Å²) in [6, 6.07) is 14.5. The quantitative estimate of drug-likeness (QED) is 0.661. The number of hydrogen-bond donors (Lipinski definition) is 2. The van der Waals surface area contributed by atoms with Crippen LogP contribution in [0.15, 0.2) is 42.5 Å². The third-order valence-corrected chi connectivity index (χ3v) is 7.08. The maximum Gasteiger partial charge on any atom is 0.316 e. The zero-order valence-corrected chi connectivity index (χ0v) is 16.9. The number of aromatic nitrogens is 2. The van der Waals surface area contributed by atoms with Crippen molar-refractivity contribution in [3.8, 4) is 0 Å². The zero-order valence-electron chi connectivity index (χ0n) is 16.9. The summed E-state index contributed by atoms with van der Waals surface area (Å²) < 4.78 is 5.19. The number of benzene rings is 2. The molecule has 3 aromatic rings. The summed E-state index contributed by atoms with van der Waals surface area (Å²) in [6.07, 6.45) is 4.68. The molecule has 5 rings (SSSR count). The summed E-state index contributed by atoms with van der Waals surface area (Å²) in [4.78, 5) is 20.2. The van der Waals surface area contributed by atoms with Crippen molar-refractivity contribution < 1.29 is 14.6 Å². The number of hydrogen-bond acceptors (Lipinski definition) is 3. The van der Waals surface area contributed by atoms with Gasteiger partial charge in [-0.25, -0.2) is 4.98 Å². The first kappa shape index (κ1) is 18.4. The SMILES string of the molecule is COCC(C)(C(=O)O)c1ccc2nc(C[C@@H]3c4ccccc4CC34CC4)[nH]c2c1. The number of imidazole rings is 1. The molecule has 0 saturated heterocycles. The molecule has 2 N–H and O–H groups in total. The molecule has 5 heteroatoms. The molecular formula is C24H26N2O3. The highest BCUT2D eigenvalue weighted by molar-refractivity contribution is 5.84. The highest BCUT2D eigenvalue weighted by Crippen LogP contribution is 2.63. The van der Waals surface area contributed by atoms with E-state index in [1.807, 2.05) is 18.2 Å². The van der Waals surface area contributed by atoms with Gasteiger partial charge >= 0.3 is 5.97 Å². The summed E-state index contributed by atoms with van der Waals surface area (Å²) >= 11 is 0. The van der Waals surface area contributed by atoms with Crippen LogP contribution < -0.4 is 0 Å². The number of fused-ring (bicyclic) bond motifs is 2. The van der Waals surface area contributed by atoms with Crippen LogP contribution in [0.3, 0.4) is 0 Å². The molecule has 2 aromatic carbocycles. The van der Waals surface area contributed by atoms with Crippen molar-refractivity contribution in [2.24, 2.45) is 5.41 Å². The molecule has 0 amide bonds. The van der Waals surface area contributed by atoms with Crippen molar-refractivity contribution in [2.75, 3.05) is 13.7 Å². The predicted molar refractivity (Wildman–Crippen MR) is 111 cm³/mol. The van der Waals surface area contributed by atoms with E-state index in [9.17, 15) is 9.90 Å². The van der Waals surface area contributed by atoms with Crippen LogP contribution in [0.1, 0.15) is 48.2 Å². The summed E-state index contributed by atoms with van der Waals surface area (Å²) in [5.41, 5.74) is 4.79. The van der Waals surface area contributed by atoms with Gasteiger partial charge in [-0.15, -0.1) is 0 Å². The molecule has 0 bridgehead atoms. The minimum atomic E-state index is -1.09. The topological polar surface area (TPSA) is 75.2 Å². The van der Waals surface area contributed by atoms with Gasteiger partial charge in [-0.2, -0.15) is 0 Å². The molecule has 1 aromatic heterocycles. The van der Waals surface area contributed by atoms with Crippen LogP contribution in [0.5, 0.6) is 0 Å². The molecule has 2 atom stereocenters. The normalized spacial score (nSPS) is 21.2. The van der Waals surface area contributed by atoms with E-state index in [0.717, 1.165) is 28.8 Å². The average Bonchev–Trinajstić information content (AvgIpc) is 3.25. The molecule has 1 spiro atoms. The van der Waals surface area contributed by atoms with Crippen molar-refractivity contribution >= 4 is 17.0 Å². The van der Waals surface area contributed by atoms with Crippen LogP contribution >= 0.6 is 0 Å². The Hall–Kier alpha value is -2.66. The van der Waals surface area contributed by atoms with Crippen LogP contribution in [-0.4, -0.2) is 34.8 Å². The van der Waals surface area contributed by atoms with Crippen molar-refractivity contribution in [1.82, 2.24) is 9.97 Å². The fourth-order valence-electron chi connectivity index (χ4n) is 5.13. The maximum absolute atomic E-state index is 11.9. The van der Waals surface area contributed by atoms with Crippen molar-refractivity contribution in [2.45, 2.75) is 43.9 Å². The van der Waals surface area contributed by atoms with E-state index in [0.29, 0.717) is 11.3 Å². The minimum absolute atomic E-state index is 0.121. The monoisotopic (exact) mass is 390 g/mol. The Kier molecular flexibility index (Phi) is 4.07. The summed E-state index contributed by atoms with van der Waals surface area (Å²) in [5, 5.41) is 9.74. The highest BCUT2D eigenvalue weighted by atomic mass is 16.5. The number of methoxy groups -OCH3 is 1. The van der Waals surface area contributed by atoms with Gasteiger partial charge in [0, 0.05) is 13.5 Å². The molecule has 0 radical (unpaired) electrons. The van der Waals surface area contributed by atoms with Gasteiger partial charge in [-0.3, -0.25) is 4.79 Å². The van der Waals surface area contributed by atoms with E-state index in [2.05, 4.69) is 29.2 Å². The van der Waals surface area contributed by atoms with Gasteiger partial charge in [0.1, 0.15) is 11.2 Å². The lowest BCUT2D eigenvalue weighted by Gasteiger charge is -2.24. The van der Waals surface area contributed by atoms with Crippen LogP contribution in [0, 0.1) is 5.41 Å². The summed E-state index contributed by atoms with van der Waals surface area (Å²) in [6.45, 7) is 1.82. The Morgan fingerprint density at radius 3 is 2.83 bits per heavy atom. The first-order valence-electron chi connectivity index (χ1n) is 10.2. The molecule has 0 aliphatic heterocycles. The Morgan fingerprint density at radius 1 is 1.31 bits per heavy atom. The molecule has 1 fully saturated rings. The van der Waals surface area contributed by atoms with Gasteiger partial charge in [0.25, 0.3) is 0 Å². The second-order valence-corrected chi connectivity index (χ2v) is 8.98. The van der Waals surface area contributed by atoms with E-state index in [-0.39, 0.29) is 6.61 Å². The molecule has 2 aliphatic carbocycles. The highest BCUT2D eigenvalue weighted by Gasteiger charge is 2.54.